The van der Waals surface area contributed by atoms with Gasteiger partial charge in [-0.25, -0.2) is 4.98 Å². The summed E-state index contributed by atoms with van der Waals surface area (Å²) in [6.45, 7) is 10.1. The number of imidazole rings is 1. The lowest BCUT2D eigenvalue weighted by atomic mass is 9.80. The summed E-state index contributed by atoms with van der Waals surface area (Å²) in [6, 6.07) is 16.1. The summed E-state index contributed by atoms with van der Waals surface area (Å²) in [5.74, 6) is 2.92. The van der Waals surface area contributed by atoms with Crippen LogP contribution in [0.15, 0.2) is 42.5 Å². The van der Waals surface area contributed by atoms with Crippen LogP contribution in [0, 0.1) is 5.92 Å². The van der Waals surface area contributed by atoms with E-state index in [-0.39, 0.29) is 0 Å². The molecule has 3 aromatic rings. The summed E-state index contributed by atoms with van der Waals surface area (Å²) >= 11 is 0. The first kappa shape index (κ1) is 28.9. The molecule has 0 bridgehead atoms. The number of hydrogen-bond acceptors (Lipinski definition) is 3. The van der Waals surface area contributed by atoms with Crippen LogP contribution in [0.4, 0.5) is 0 Å². The van der Waals surface area contributed by atoms with Gasteiger partial charge in [0.05, 0.1) is 18.5 Å². The highest BCUT2D eigenvalue weighted by molar-refractivity contribution is 5.73. The van der Waals surface area contributed by atoms with E-state index in [0.29, 0.717) is 6.04 Å². The van der Waals surface area contributed by atoms with Gasteiger partial charge in [0.15, 0.2) is 0 Å². The van der Waals surface area contributed by atoms with Crippen molar-refractivity contribution in [3.8, 4) is 28.4 Å². The molecule has 1 atom stereocenters. The molecule has 4 heteroatoms. The van der Waals surface area contributed by atoms with E-state index >= 15 is 0 Å². The number of benzene rings is 2. The maximum atomic E-state index is 5.68. The number of nitrogens with zero attached hydrogens (tertiary/aromatic N) is 3. The Morgan fingerprint density at radius 2 is 1.60 bits per heavy atom. The van der Waals surface area contributed by atoms with E-state index in [2.05, 4.69) is 66.6 Å². The number of likely N-dealkylation sites (tertiary alicyclic amines) is 1. The average Bonchev–Trinajstić information content (AvgIpc) is 3.37. The summed E-state index contributed by atoms with van der Waals surface area (Å²) in [5.41, 5.74) is 7.89. The highest BCUT2D eigenvalue weighted by atomic mass is 16.5. The predicted octanol–water partition coefficient (Wildman–Crippen LogP) is 9.09. The molecule has 0 amide bonds. The Hall–Kier alpha value is -2.59. The molecular weight excluding hydrogens is 490 g/mol. The first-order valence-corrected chi connectivity index (χ1v) is 16.3. The molecule has 1 saturated heterocycles. The van der Waals surface area contributed by atoms with E-state index in [9.17, 15) is 0 Å². The molecule has 1 aromatic heterocycles. The molecule has 2 aliphatic rings. The Morgan fingerprint density at radius 3 is 2.30 bits per heavy atom. The Kier molecular flexibility index (Phi) is 10.0. The number of methoxy groups -OCH3 is 1. The van der Waals surface area contributed by atoms with Crippen LogP contribution in [0.25, 0.3) is 22.6 Å². The average molecular weight is 542 g/mol. The number of ether oxygens (including phenoxy) is 1. The van der Waals surface area contributed by atoms with Crippen LogP contribution in [0.2, 0.25) is 0 Å². The molecule has 1 aliphatic carbocycles. The Labute approximate surface area is 243 Å². The Balaban J connectivity index is 1.67. The molecule has 0 spiro atoms. The molecule has 2 heterocycles. The van der Waals surface area contributed by atoms with Gasteiger partial charge in [-0.05, 0) is 80.7 Å². The van der Waals surface area contributed by atoms with Gasteiger partial charge in [0, 0.05) is 30.3 Å². The van der Waals surface area contributed by atoms with Crippen LogP contribution in [0.5, 0.6) is 5.75 Å². The van der Waals surface area contributed by atoms with Gasteiger partial charge in [-0.3, -0.25) is 4.90 Å². The summed E-state index contributed by atoms with van der Waals surface area (Å²) in [4.78, 5) is 8.44. The van der Waals surface area contributed by atoms with Crippen LogP contribution in [-0.2, 0) is 25.9 Å². The Morgan fingerprint density at radius 1 is 0.875 bits per heavy atom. The quantitative estimate of drug-likeness (QED) is 0.242. The van der Waals surface area contributed by atoms with E-state index in [0.717, 1.165) is 49.7 Å². The van der Waals surface area contributed by atoms with Gasteiger partial charge in [0.2, 0.25) is 0 Å². The van der Waals surface area contributed by atoms with Crippen molar-refractivity contribution in [3.63, 3.8) is 0 Å². The summed E-state index contributed by atoms with van der Waals surface area (Å²) < 4.78 is 8.30. The monoisotopic (exact) mass is 541 g/mol. The van der Waals surface area contributed by atoms with E-state index in [1.807, 2.05) is 6.07 Å². The van der Waals surface area contributed by atoms with E-state index in [4.69, 9.17) is 9.72 Å². The minimum Gasteiger partial charge on any atom is -0.497 e. The van der Waals surface area contributed by atoms with Gasteiger partial charge < -0.3 is 9.30 Å². The summed E-state index contributed by atoms with van der Waals surface area (Å²) in [6.07, 6.45) is 15.5. The second-order valence-corrected chi connectivity index (χ2v) is 12.1. The minimum atomic E-state index is 0.708. The fraction of sp³-hybridized carbons (Fsp3) is 0.583. The van der Waals surface area contributed by atoms with Crippen molar-refractivity contribution in [3.05, 3.63) is 59.3 Å². The SMILES string of the molecule is CCCCn1c(-c2c(CC)cccc2CC)nc(-c2cccc(OC)c2)c1CN1CCCCC1C1CCCCC1. The topological polar surface area (TPSA) is 30.3 Å². The summed E-state index contributed by atoms with van der Waals surface area (Å²) in [5, 5.41) is 0. The van der Waals surface area contributed by atoms with Gasteiger partial charge in [0.1, 0.15) is 11.6 Å². The smallest absolute Gasteiger partial charge is 0.141 e. The lowest BCUT2D eigenvalue weighted by Crippen LogP contribution is -2.44. The molecule has 5 rings (SSSR count). The fourth-order valence-corrected chi connectivity index (χ4v) is 7.38. The van der Waals surface area contributed by atoms with Crippen LogP contribution in [0.3, 0.4) is 0 Å². The zero-order valence-electron chi connectivity index (χ0n) is 25.6. The molecule has 1 unspecified atom stereocenters. The minimum absolute atomic E-state index is 0.708. The van der Waals surface area contributed by atoms with E-state index < -0.39 is 0 Å². The normalized spacial score (nSPS) is 18.8. The van der Waals surface area contributed by atoms with Crippen LogP contribution < -0.4 is 4.74 Å². The molecule has 4 nitrogen and oxygen atoms in total. The lowest BCUT2D eigenvalue weighted by Gasteiger charge is -2.42. The number of rotatable bonds is 11. The van der Waals surface area contributed by atoms with Crippen LogP contribution in [0.1, 0.15) is 102 Å². The number of aromatic nitrogens is 2. The van der Waals surface area contributed by atoms with Crippen molar-refractivity contribution in [2.75, 3.05) is 13.7 Å². The van der Waals surface area contributed by atoms with Gasteiger partial charge in [-0.1, -0.05) is 83.2 Å². The van der Waals surface area contributed by atoms with Crippen molar-refractivity contribution in [2.24, 2.45) is 5.92 Å². The maximum absolute atomic E-state index is 5.68. The second kappa shape index (κ2) is 13.9. The standard InChI is InChI=1S/C36H51N3O/c1-5-8-24-39-33(26-38-23-13-12-22-32(38)29-16-10-9-11-17-29)35(30-20-15-21-31(25-30)40-4)37-36(39)34-27(6-2)18-14-19-28(34)7-3/h14-15,18-21,25,29,32H,5-13,16-17,22-24,26H2,1-4H3. The van der Waals surface area contributed by atoms with Crippen molar-refractivity contribution >= 4 is 0 Å². The zero-order valence-corrected chi connectivity index (χ0v) is 25.6. The molecule has 0 N–H and O–H groups in total. The van der Waals surface area contributed by atoms with Crippen LogP contribution >= 0.6 is 0 Å². The molecule has 0 radical (unpaired) electrons. The third kappa shape index (κ3) is 6.17. The largest absolute Gasteiger partial charge is 0.497 e. The van der Waals surface area contributed by atoms with Crippen LogP contribution in [-0.4, -0.2) is 34.1 Å². The third-order valence-corrected chi connectivity index (χ3v) is 9.58. The molecular formula is C36H51N3O. The van der Waals surface area contributed by atoms with Gasteiger partial charge in [0.25, 0.3) is 0 Å². The Bertz CT molecular complexity index is 1220. The first-order valence-electron chi connectivity index (χ1n) is 16.3. The van der Waals surface area contributed by atoms with Gasteiger partial charge >= 0.3 is 0 Å². The predicted molar refractivity (Wildman–Crippen MR) is 168 cm³/mol. The summed E-state index contributed by atoms with van der Waals surface area (Å²) in [7, 11) is 1.76. The molecule has 1 saturated carbocycles. The molecule has 216 valence electrons. The van der Waals surface area contributed by atoms with Gasteiger partial charge in [-0.2, -0.15) is 0 Å². The zero-order chi connectivity index (χ0) is 27.9. The highest BCUT2D eigenvalue weighted by Gasteiger charge is 2.33. The number of unbranched alkanes of at least 4 members (excludes halogenated alkanes) is 1. The molecule has 2 fully saturated rings. The number of piperidine rings is 1. The fourth-order valence-electron chi connectivity index (χ4n) is 7.38. The van der Waals surface area contributed by atoms with Crippen molar-refractivity contribution < 1.29 is 4.74 Å². The van der Waals surface area contributed by atoms with Crippen molar-refractivity contribution in [2.45, 2.75) is 117 Å². The lowest BCUT2D eigenvalue weighted by molar-refractivity contribution is 0.0728. The van der Waals surface area contributed by atoms with Crippen molar-refractivity contribution in [1.29, 1.82) is 0 Å². The highest BCUT2D eigenvalue weighted by Crippen LogP contribution is 2.39. The van der Waals surface area contributed by atoms with Crippen molar-refractivity contribution in [1.82, 2.24) is 14.5 Å². The third-order valence-electron chi connectivity index (χ3n) is 9.58. The van der Waals surface area contributed by atoms with E-state index in [1.165, 1.54) is 98.1 Å². The molecule has 1 aliphatic heterocycles. The van der Waals surface area contributed by atoms with Gasteiger partial charge in [-0.15, -0.1) is 0 Å². The van der Waals surface area contributed by atoms with E-state index in [1.54, 1.807) is 7.11 Å². The second-order valence-electron chi connectivity index (χ2n) is 12.1. The first-order chi connectivity index (χ1) is 19.7. The molecule has 40 heavy (non-hydrogen) atoms. The maximum Gasteiger partial charge on any atom is 0.141 e. The molecule has 2 aromatic carbocycles. The number of hydrogen-bond donors (Lipinski definition) is 0. The number of aryl methyl sites for hydroxylation is 2.